The molecule has 0 aliphatic rings. The van der Waals surface area contributed by atoms with E-state index in [0.717, 1.165) is 15.9 Å². The van der Waals surface area contributed by atoms with Gasteiger partial charge in [0.2, 0.25) is 0 Å². The maximum atomic E-state index is 14.1. The van der Waals surface area contributed by atoms with Crippen molar-refractivity contribution in [3.05, 3.63) is 72.3 Å². The minimum atomic E-state index is -3.46. The average molecular weight is 422 g/mol. The number of benzene rings is 2. The van der Waals surface area contributed by atoms with Crippen LogP contribution in [0.4, 0.5) is 10.2 Å². The van der Waals surface area contributed by atoms with Gasteiger partial charge in [0.05, 0.1) is 35.6 Å². The van der Waals surface area contributed by atoms with Crippen LogP contribution in [0.2, 0.25) is 0 Å². The molecule has 30 heavy (non-hydrogen) atoms. The second-order valence-corrected chi connectivity index (χ2v) is 8.42. The highest BCUT2D eigenvalue weighted by molar-refractivity contribution is 7.89. The van der Waals surface area contributed by atoms with Crippen molar-refractivity contribution in [3.8, 4) is 34.1 Å². The zero-order valence-corrected chi connectivity index (χ0v) is 16.5. The standard InChI is InChI=1S/C20H15FN6O2S/c1-30(28,29)26-12-16(11-24-26)13-4-6-17(7-5-13)27-19(9-20(23)25-27)14-2-3-15(10-22)18(21)8-14/h2-9,11-12H,1H3,(H2,23,25). The number of hydrogen-bond acceptors (Lipinski definition) is 6. The highest BCUT2D eigenvalue weighted by atomic mass is 32.2. The monoisotopic (exact) mass is 422 g/mol. The summed E-state index contributed by atoms with van der Waals surface area (Å²) in [6, 6.07) is 14.8. The van der Waals surface area contributed by atoms with Gasteiger partial charge in [-0.1, -0.05) is 18.2 Å². The number of hydrogen-bond donors (Lipinski definition) is 1. The molecule has 0 saturated heterocycles. The first-order valence-corrected chi connectivity index (χ1v) is 10.5. The highest BCUT2D eigenvalue weighted by Gasteiger charge is 2.14. The molecule has 2 heterocycles. The van der Waals surface area contributed by atoms with Crippen LogP contribution < -0.4 is 5.73 Å². The number of rotatable bonds is 4. The minimum absolute atomic E-state index is 0.0446. The second-order valence-electron chi connectivity index (χ2n) is 6.58. The van der Waals surface area contributed by atoms with E-state index in [1.54, 1.807) is 47.1 Å². The fourth-order valence-electron chi connectivity index (χ4n) is 3.00. The van der Waals surface area contributed by atoms with Crippen LogP contribution in [-0.4, -0.2) is 33.6 Å². The summed E-state index contributed by atoms with van der Waals surface area (Å²) >= 11 is 0. The van der Waals surface area contributed by atoms with Gasteiger partial charge in [-0.2, -0.15) is 19.5 Å². The molecule has 8 nitrogen and oxygen atoms in total. The van der Waals surface area contributed by atoms with Crippen LogP contribution in [0.1, 0.15) is 5.56 Å². The van der Waals surface area contributed by atoms with Gasteiger partial charge in [0, 0.05) is 17.2 Å². The van der Waals surface area contributed by atoms with Crippen LogP contribution >= 0.6 is 0 Å². The van der Waals surface area contributed by atoms with Gasteiger partial charge in [-0.15, -0.1) is 0 Å². The van der Waals surface area contributed by atoms with E-state index >= 15 is 0 Å². The van der Waals surface area contributed by atoms with Gasteiger partial charge in [-0.05, 0) is 29.8 Å². The number of nitrogens with two attached hydrogens (primary N) is 1. The van der Waals surface area contributed by atoms with E-state index in [-0.39, 0.29) is 11.4 Å². The first-order chi connectivity index (χ1) is 14.3. The van der Waals surface area contributed by atoms with Crippen LogP contribution in [0, 0.1) is 17.1 Å². The molecule has 0 unspecified atom stereocenters. The Morgan fingerprint density at radius 2 is 1.77 bits per heavy atom. The lowest BCUT2D eigenvalue weighted by Crippen LogP contribution is -2.09. The van der Waals surface area contributed by atoms with E-state index in [1.165, 1.54) is 24.5 Å². The van der Waals surface area contributed by atoms with Gasteiger partial charge in [-0.25, -0.2) is 17.5 Å². The number of halogens is 1. The molecule has 2 aromatic carbocycles. The van der Waals surface area contributed by atoms with Gasteiger partial charge < -0.3 is 5.73 Å². The molecule has 0 amide bonds. The quantitative estimate of drug-likeness (QED) is 0.540. The van der Waals surface area contributed by atoms with Crippen molar-refractivity contribution in [2.75, 3.05) is 12.0 Å². The van der Waals surface area contributed by atoms with Crippen molar-refractivity contribution in [2.24, 2.45) is 0 Å². The van der Waals surface area contributed by atoms with Crippen molar-refractivity contribution in [2.45, 2.75) is 0 Å². The number of aromatic nitrogens is 4. The first kappa shape index (κ1) is 19.4. The van der Waals surface area contributed by atoms with E-state index in [1.807, 2.05) is 0 Å². The Morgan fingerprint density at radius 1 is 1.07 bits per heavy atom. The van der Waals surface area contributed by atoms with Crippen LogP contribution in [0.25, 0.3) is 28.1 Å². The topological polar surface area (TPSA) is 120 Å². The van der Waals surface area contributed by atoms with Crippen molar-refractivity contribution < 1.29 is 12.8 Å². The highest BCUT2D eigenvalue weighted by Crippen LogP contribution is 2.28. The van der Waals surface area contributed by atoms with E-state index in [0.29, 0.717) is 22.5 Å². The Balaban J connectivity index is 1.71. The molecule has 4 rings (SSSR count). The maximum Gasteiger partial charge on any atom is 0.250 e. The Bertz CT molecular complexity index is 1400. The summed E-state index contributed by atoms with van der Waals surface area (Å²) in [6.07, 6.45) is 3.97. The summed E-state index contributed by atoms with van der Waals surface area (Å²) < 4.78 is 39.7. The zero-order valence-electron chi connectivity index (χ0n) is 15.7. The fraction of sp³-hybridized carbons (Fsp3) is 0.0500. The van der Waals surface area contributed by atoms with E-state index < -0.39 is 15.8 Å². The molecule has 0 spiro atoms. The number of nitriles is 1. The van der Waals surface area contributed by atoms with Crippen molar-refractivity contribution >= 4 is 15.8 Å². The average Bonchev–Trinajstić information content (AvgIpc) is 3.35. The number of nitrogen functional groups attached to an aromatic ring is 1. The summed E-state index contributed by atoms with van der Waals surface area (Å²) in [4.78, 5) is 0. The molecule has 0 bridgehead atoms. The fourth-order valence-corrected chi connectivity index (χ4v) is 3.52. The van der Waals surface area contributed by atoms with Gasteiger partial charge in [0.1, 0.15) is 17.7 Å². The Kier molecular flexibility index (Phi) is 4.60. The van der Waals surface area contributed by atoms with E-state index in [2.05, 4.69) is 10.2 Å². The summed E-state index contributed by atoms with van der Waals surface area (Å²) in [5.41, 5.74) is 8.98. The van der Waals surface area contributed by atoms with Crippen LogP contribution in [0.3, 0.4) is 0 Å². The summed E-state index contributed by atoms with van der Waals surface area (Å²) in [5, 5.41) is 17.1. The van der Waals surface area contributed by atoms with Gasteiger partial charge in [-0.3, -0.25) is 0 Å². The molecule has 10 heteroatoms. The zero-order chi connectivity index (χ0) is 21.5. The molecule has 0 radical (unpaired) electrons. The number of nitrogens with zero attached hydrogens (tertiary/aromatic N) is 5. The maximum absolute atomic E-state index is 14.1. The SMILES string of the molecule is CS(=O)(=O)n1cc(-c2ccc(-n3nc(N)cc3-c3ccc(C#N)c(F)c3)cc2)cn1. The molecule has 4 aromatic rings. The second kappa shape index (κ2) is 7.13. The predicted octanol–water partition coefficient (Wildman–Crippen LogP) is 2.80. The van der Waals surface area contributed by atoms with Crippen LogP contribution in [-0.2, 0) is 10.0 Å². The summed E-state index contributed by atoms with van der Waals surface area (Å²) in [6.45, 7) is 0. The molecule has 0 saturated carbocycles. The van der Waals surface area contributed by atoms with E-state index in [9.17, 15) is 12.8 Å². The Hall–Kier alpha value is -3.97. The smallest absolute Gasteiger partial charge is 0.250 e. The third-order valence-corrected chi connectivity index (χ3v) is 5.34. The normalized spacial score (nSPS) is 11.4. The molecular formula is C20H15FN6O2S. The molecule has 2 N–H and O–H groups in total. The summed E-state index contributed by atoms with van der Waals surface area (Å²) in [5.74, 6) is -0.368. The van der Waals surface area contributed by atoms with Crippen LogP contribution in [0.15, 0.2) is 60.9 Å². The van der Waals surface area contributed by atoms with Gasteiger partial charge in [0.25, 0.3) is 10.0 Å². The number of anilines is 1. The van der Waals surface area contributed by atoms with Gasteiger partial charge >= 0.3 is 0 Å². The molecule has 0 fully saturated rings. The van der Waals surface area contributed by atoms with Crippen molar-refractivity contribution in [1.82, 2.24) is 19.0 Å². The van der Waals surface area contributed by atoms with Gasteiger partial charge in [0.15, 0.2) is 0 Å². The Labute approximate surface area is 171 Å². The predicted molar refractivity (Wildman–Crippen MR) is 110 cm³/mol. The molecule has 150 valence electrons. The largest absolute Gasteiger partial charge is 0.382 e. The van der Waals surface area contributed by atoms with Crippen LogP contribution in [0.5, 0.6) is 0 Å². The lowest BCUT2D eigenvalue weighted by Gasteiger charge is -2.09. The van der Waals surface area contributed by atoms with E-state index in [4.69, 9.17) is 11.0 Å². The lowest BCUT2D eigenvalue weighted by molar-refractivity contribution is 0.586. The summed E-state index contributed by atoms with van der Waals surface area (Å²) in [7, 11) is -3.46. The van der Waals surface area contributed by atoms with Crippen molar-refractivity contribution in [3.63, 3.8) is 0 Å². The minimum Gasteiger partial charge on any atom is -0.382 e. The third kappa shape index (κ3) is 3.54. The first-order valence-electron chi connectivity index (χ1n) is 8.68. The molecule has 0 aliphatic heterocycles. The molecule has 0 atom stereocenters. The van der Waals surface area contributed by atoms with Crippen molar-refractivity contribution in [1.29, 1.82) is 5.26 Å². The molecule has 2 aromatic heterocycles. The third-order valence-electron chi connectivity index (χ3n) is 4.46. The molecular weight excluding hydrogens is 407 g/mol. The molecule has 0 aliphatic carbocycles. The Morgan fingerprint density at radius 3 is 2.37 bits per heavy atom. The lowest BCUT2D eigenvalue weighted by atomic mass is 10.1.